The quantitative estimate of drug-likeness (QED) is 0.277. The number of hydrogen-bond donors (Lipinski definition) is 2. The van der Waals surface area contributed by atoms with Gasteiger partial charge in [-0.05, 0) is 59.9 Å². The summed E-state index contributed by atoms with van der Waals surface area (Å²) < 4.78 is 48.2. The first-order valence-electron chi connectivity index (χ1n) is 12.6. The maximum atomic E-state index is 14.0. The molecule has 0 spiro atoms. The van der Waals surface area contributed by atoms with Crippen LogP contribution in [0.5, 0.6) is 5.75 Å². The Morgan fingerprint density at radius 1 is 1.00 bits per heavy atom. The van der Waals surface area contributed by atoms with E-state index in [0.717, 1.165) is 28.0 Å². The van der Waals surface area contributed by atoms with Gasteiger partial charge in [-0.3, -0.25) is 0 Å². The van der Waals surface area contributed by atoms with Crippen LogP contribution in [0.1, 0.15) is 63.5 Å². The van der Waals surface area contributed by atoms with E-state index < -0.39 is 23.3 Å². The second-order valence-corrected chi connectivity index (χ2v) is 9.77. The van der Waals surface area contributed by atoms with Crippen molar-refractivity contribution < 1.29 is 27.8 Å². The van der Waals surface area contributed by atoms with Crippen LogP contribution in [0.3, 0.4) is 0 Å². The van der Waals surface area contributed by atoms with Crippen LogP contribution in [-0.4, -0.2) is 23.7 Å². The van der Waals surface area contributed by atoms with Crippen LogP contribution < -0.4 is 10.1 Å². The number of carboxylic acids is 1. The summed E-state index contributed by atoms with van der Waals surface area (Å²) >= 11 is 0. The number of alkyl halides is 3. The molecule has 0 aliphatic carbocycles. The van der Waals surface area contributed by atoms with E-state index in [1.807, 2.05) is 42.5 Å². The number of hydrogen-bond acceptors (Lipinski definition) is 3. The zero-order valence-corrected chi connectivity index (χ0v) is 21.0. The van der Waals surface area contributed by atoms with E-state index in [1.165, 1.54) is 13.0 Å². The predicted octanol–water partition coefficient (Wildman–Crippen LogP) is 7.50. The minimum Gasteiger partial charge on any atom is -0.489 e. The van der Waals surface area contributed by atoms with Crippen molar-refractivity contribution in [3.8, 4) is 5.75 Å². The lowest BCUT2D eigenvalue weighted by atomic mass is 9.80. The first-order valence-corrected chi connectivity index (χ1v) is 12.6. The molecule has 0 bridgehead atoms. The third-order valence-electron chi connectivity index (χ3n) is 7.42. The van der Waals surface area contributed by atoms with Gasteiger partial charge in [0.1, 0.15) is 11.9 Å². The molecule has 38 heavy (non-hydrogen) atoms. The van der Waals surface area contributed by atoms with Gasteiger partial charge in [0, 0.05) is 24.1 Å². The lowest BCUT2D eigenvalue weighted by Crippen LogP contribution is -2.37. The predicted molar refractivity (Wildman–Crippen MR) is 141 cm³/mol. The van der Waals surface area contributed by atoms with Gasteiger partial charge < -0.3 is 15.2 Å². The van der Waals surface area contributed by atoms with Gasteiger partial charge in [-0.2, -0.15) is 13.2 Å². The number of benzene rings is 4. The normalized spacial score (nSPS) is 18.0. The van der Waals surface area contributed by atoms with Gasteiger partial charge in [0.15, 0.2) is 0 Å². The van der Waals surface area contributed by atoms with Gasteiger partial charge >= 0.3 is 12.1 Å². The molecule has 4 aromatic rings. The molecule has 3 atom stereocenters. The SMILES string of the molecule is Cc1c([C@@H]2C[C@H](CN[C@H](C)c3cccc4ccccc34)Oc3ccccc32)ccc(C(=O)O)c1C(F)(F)F. The topological polar surface area (TPSA) is 58.6 Å². The molecule has 0 fully saturated rings. The van der Waals surface area contributed by atoms with Crippen LogP contribution >= 0.6 is 0 Å². The smallest absolute Gasteiger partial charge is 0.417 e. The molecule has 7 heteroatoms. The molecule has 0 aromatic heterocycles. The molecular formula is C31H28F3NO3. The molecule has 0 saturated carbocycles. The van der Waals surface area contributed by atoms with Crippen molar-refractivity contribution in [3.05, 3.63) is 112 Å². The Bertz CT molecular complexity index is 1490. The second-order valence-electron chi connectivity index (χ2n) is 9.77. The Kier molecular flexibility index (Phi) is 6.88. The van der Waals surface area contributed by atoms with E-state index in [4.69, 9.17) is 4.74 Å². The van der Waals surface area contributed by atoms with Crippen molar-refractivity contribution in [2.75, 3.05) is 6.54 Å². The Balaban J connectivity index is 1.45. The number of para-hydroxylation sites is 1. The number of fused-ring (bicyclic) bond motifs is 2. The van der Waals surface area contributed by atoms with E-state index in [0.29, 0.717) is 24.3 Å². The number of nitrogens with one attached hydrogen (secondary N) is 1. The van der Waals surface area contributed by atoms with Crippen LogP contribution in [0.15, 0.2) is 78.9 Å². The van der Waals surface area contributed by atoms with Crippen LogP contribution in [-0.2, 0) is 6.18 Å². The maximum Gasteiger partial charge on any atom is 0.417 e. The highest BCUT2D eigenvalue weighted by molar-refractivity contribution is 5.90. The van der Waals surface area contributed by atoms with Gasteiger partial charge in [-0.1, -0.05) is 66.7 Å². The Labute approximate surface area is 219 Å². The molecular weight excluding hydrogens is 491 g/mol. The number of rotatable bonds is 6. The maximum absolute atomic E-state index is 14.0. The fraction of sp³-hybridized carbons (Fsp3) is 0.258. The summed E-state index contributed by atoms with van der Waals surface area (Å²) in [5.74, 6) is -1.34. The van der Waals surface area contributed by atoms with Crippen molar-refractivity contribution in [1.29, 1.82) is 0 Å². The monoisotopic (exact) mass is 519 g/mol. The molecule has 2 N–H and O–H groups in total. The van der Waals surface area contributed by atoms with Crippen LogP contribution in [0, 0.1) is 6.92 Å². The minimum atomic E-state index is -4.78. The molecule has 1 heterocycles. The fourth-order valence-electron chi connectivity index (χ4n) is 5.61. The molecule has 0 unspecified atom stereocenters. The molecule has 1 aliphatic rings. The summed E-state index contributed by atoms with van der Waals surface area (Å²) in [6.07, 6.45) is -4.62. The van der Waals surface area contributed by atoms with E-state index in [9.17, 15) is 23.1 Å². The average Bonchev–Trinajstić information content (AvgIpc) is 2.90. The number of carbonyl (C=O) groups is 1. The Morgan fingerprint density at radius 3 is 2.47 bits per heavy atom. The molecule has 4 aromatic carbocycles. The highest BCUT2D eigenvalue weighted by atomic mass is 19.4. The minimum absolute atomic E-state index is 0.0220. The lowest BCUT2D eigenvalue weighted by Gasteiger charge is -2.34. The van der Waals surface area contributed by atoms with Crippen molar-refractivity contribution >= 4 is 16.7 Å². The first kappa shape index (κ1) is 25.8. The summed E-state index contributed by atoms with van der Waals surface area (Å²) in [5, 5.41) is 15.3. The summed E-state index contributed by atoms with van der Waals surface area (Å²) in [7, 11) is 0. The fourth-order valence-corrected chi connectivity index (χ4v) is 5.61. The zero-order valence-electron chi connectivity index (χ0n) is 21.0. The molecule has 196 valence electrons. The van der Waals surface area contributed by atoms with Gasteiger partial charge in [-0.15, -0.1) is 0 Å². The summed E-state index contributed by atoms with van der Waals surface area (Å²) in [4.78, 5) is 11.6. The number of halogens is 3. The van der Waals surface area contributed by atoms with E-state index >= 15 is 0 Å². The van der Waals surface area contributed by atoms with Gasteiger partial charge in [0.05, 0.1) is 11.1 Å². The molecule has 5 rings (SSSR count). The molecule has 0 radical (unpaired) electrons. The van der Waals surface area contributed by atoms with E-state index in [-0.39, 0.29) is 23.6 Å². The Morgan fingerprint density at radius 2 is 1.71 bits per heavy atom. The van der Waals surface area contributed by atoms with Crippen molar-refractivity contribution in [3.63, 3.8) is 0 Å². The lowest BCUT2D eigenvalue weighted by molar-refractivity contribution is -0.138. The molecule has 0 amide bonds. The molecule has 0 saturated heterocycles. The largest absolute Gasteiger partial charge is 0.489 e. The Hall–Kier alpha value is -3.84. The number of aromatic carboxylic acids is 1. The van der Waals surface area contributed by atoms with E-state index in [2.05, 4.69) is 36.5 Å². The van der Waals surface area contributed by atoms with Gasteiger partial charge in [-0.25, -0.2) is 4.79 Å². The molecule has 1 aliphatic heterocycles. The van der Waals surface area contributed by atoms with Crippen LogP contribution in [0.4, 0.5) is 13.2 Å². The zero-order chi connectivity index (χ0) is 27.0. The summed E-state index contributed by atoms with van der Waals surface area (Å²) in [6, 6.07) is 24.3. The van der Waals surface area contributed by atoms with Crippen molar-refractivity contribution in [2.24, 2.45) is 0 Å². The number of carboxylic acid groups (broad SMARTS) is 1. The average molecular weight is 520 g/mol. The third-order valence-corrected chi connectivity index (χ3v) is 7.42. The highest BCUT2D eigenvalue weighted by Crippen LogP contribution is 2.44. The van der Waals surface area contributed by atoms with Gasteiger partial charge in [0.2, 0.25) is 0 Å². The highest BCUT2D eigenvalue weighted by Gasteiger charge is 2.40. The second kappa shape index (κ2) is 10.1. The standard InChI is InChI=1S/C31H28F3NO3/c1-18-22(14-15-26(30(36)37)29(18)31(32,33)34)27-16-21(38-28-13-6-5-11-25(27)28)17-35-19(2)23-12-7-9-20-8-3-4-10-24(20)23/h3-15,19,21,27,35H,16-17H2,1-2H3,(H,36,37)/t19-,21-,27+/m1/s1. The van der Waals surface area contributed by atoms with Crippen molar-refractivity contribution in [2.45, 2.75) is 44.5 Å². The molecule has 4 nitrogen and oxygen atoms in total. The van der Waals surface area contributed by atoms with Crippen LogP contribution in [0.25, 0.3) is 10.8 Å². The summed E-state index contributed by atoms with van der Waals surface area (Å²) in [6.45, 7) is 3.94. The van der Waals surface area contributed by atoms with Gasteiger partial charge in [0.25, 0.3) is 0 Å². The third kappa shape index (κ3) is 4.86. The number of ether oxygens (including phenoxy) is 1. The summed E-state index contributed by atoms with van der Waals surface area (Å²) in [5.41, 5.74) is 0.531. The van der Waals surface area contributed by atoms with Crippen molar-refractivity contribution in [1.82, 2.24) is 5.32 Å². The van der Waals surface area contributed by atoms with Crippen LogP contribution in [0.2, 0.25) is 0 Å². The first-order chi connectivity index (χ1) is 18.1. The van der Waals surface area contributed by atoms with E-state index in [1.54, 1.807) is 0 Å².